The summed E-state index contributed by atoms with van der Waals surface area (Å²) < 4.78 is 49.4. The topological polar surface area (TPSA) is 102 Å². The monoisotopic (exact) mass is 494 g/mol. The second-order valence-corrected chi connectivity index (χ2v) is 9.50. The van der Waals surface area contributed by atoms with Crippen molar-refractivity contribution in [1.29, 1.82) is 0 Å². The number of nitrogens with one attached hydrogen (secondary N) is 2. The van der Waals surface area contributed by atoms with Crippen molar-refractivity contribution in [2.75, 3.05) is 17.1 Å². The van der Waals surface area contributed by atoms with E-state index in [2.05, 4.69) is 15.1 Å². The Balaban J connectivity index is 1.51. The Morgan fingerprint density at radius 2 is 1.69 bits per heavy atom. The molecule has 1 amide bonds. The van der Waals surface area contributed by atoms with E-state index in [1.807, 2.05) is 19.9 Å². The van der Waals surface area contributed by atoms with Gasteiger partial charge in [-0.1, -0.05) is 6.07 Å². The Bertz CT molecular complexity index is 1500. The number of carbonyl (C=O) groups is 1. The number of methoxy groups -OCH3 is 1. The van der Waals surface area contributed by atoms with Gasteiger partial charge < -0.3 is 10.1 Å². The van der Waals surface area contributed by atoms with Gasteiger partial charge in [-0.3, -0.25) is 9.52 Å². The third-order valence-corrected chi connectivity index (χ3v) is 6.57. The SMILES string of the molecule is COc1ccc(NS(=O)(=O)c2cccc(C(=O)Nc3ccc(-n4nc(C)cc4C)c(F)c3)c2)cc1. The predicted molar refractivity (Wildman–Crippen MR) is 131 cm³/mol. The summed E-state index contributed by atoms with van der Waals surface area (Å²) in [4.78, 5) is 12.7. The number of aryl methyl sites for hydroxylation is 2. The van der Waals surface area contributed by atoms with Crippen LogP contribution in [-0.2, 0) is 10.0 Å². The van der Waals surface area contributed by atoms with Gasteiger partial charge in [0.15, 0.2) is 5.82 Å². The van der Waals surface area contributed by atoms with Crippen molar-refractivity contribution in [3.8, 4) is 11.4 Å². The Morgan fingerprint density at radius 3 is 2.31 bits per heavy atom. The number of halogens is 1. The summed E-state index contributed by atoms with van der Waals surface area (Å²) >= 11 is 0. The van der Waals surface area contributed by atoms with Crippen molar-refractivity contribution in [2.24, 2.45) is 0 Å². The molecule has 0 atom stereocenters. The van der Waals surface area contributed by atoms with E-state index in [9.17, 15) is 17.6 Å². The number of benzene rings is 3. The van der Waals surface area contributed by atoms with Crippen LogP contribution in [0, 0.1) is 19.7 Å². The molecule has 4 rings (SSSR count). The second-order valence-electron chi connectivity index (χ2n) is 7.82. The summed E-state index contributed by atoms with van der Waals surface area (Å²) in [5.74, 6) is -0.551. The minimum absolute atomic E-state index is 0.0907. The van der Waals surface area contributed by atoms with E-state index in [0.29, 0.717) is 11.4 Å². The van der Waals surface area contributed by atoms with Crippen LogP contribution in [-0.4, -0.2) is 31.2 Å². The van der Waals surface area contributed by atoms with Crippen LogP contribution in [0.15, 0.2) is 77.7 Å². The number of rotatable bonds is 7. The van der Waals surface area contributed by atoms with E-state index in [-0.39, 0.29) is 21.8 Å². The molecule has 0 aliphatic heterocycles. The molecule has 0 aliphatic rings. The maximum atomic E-state index is 14.7. The minimum atomic E-state index is -3.95. The Kier molecular flexibility index (Phi) is 6.57. The van der Waals surface area contributed by atoms with Crippen LogP contribution in [0.25, 0.3) is 5.69 Å². The fraction of sp³-hybridized carbons (Fsp3) is 0.120. The molecule has 0 aliphatic carbocycles. The molecule has 8 nitrogen and oxygen atoms in total. The number of ether oxygens (including phenoxy) is 1. The van der Waals surface area contributed by atoms with Gasteiger partial charge in [0.1, 0.15) is 11.4 Å². The molecule has 2 N–H and O–H groups in total. The zero-order chi connectivity index (χ0) is 25.2. The number of hydrogen-bond acceptors (Lipinski definition) is 5. The Morgan fingerprint density at radius 1 is 0.971 bits per heavy atom. The van der Waals surface area contributed by atoms with Crippen molar-refractivity contribution < 1.29 is 22.3 Å². The quantitative estimate of drug-likeness (QED) is 0.388. The lowest BCUT2D eigenvalue weighted by Crippen LogP contribution is -2.16. The number of sulfonamides is 1. The van der Waals surface area contributed by atoms with Crippen LogP contribution in [0.2, 0.25) is 0 Å². The van der Waals surface area contributed by atoms with Crippen LogP contribution >= 0.6 is 0 Å². The van der Waals surface area contributed by atoms with Gasteiger partial charge in [0.25, 0.3) is 15.9 Å². The highest BCUT2D eigenvalue weighted by Crippen LogP contribution is 2.22. The lowest BCUT2D eigenvalue weighted by atomic mass is 10.2. The summed E-state index contributed by atoms with van der Waals surface area (Å²) in [5.41, 5.74) is 2.47. The Hall–Kier alpha value is -4.18. The van der Waals surface area contributed by atoms with Crippen LogP contribution < -0.4 is 14.8 Å². The number of aromatic nitrogens is 2. The molecule has 0 radical (unpaired) electrons. The fourth-order valence-corrected chi connectivity index (χ4v) is 4.61. The first-order valence-corrected chi connectivity index (χ1v) is 12.1. The van der Waals surface area contributed by atoms with Gasteiger partial charge in [-0.15, -0.1) is 0 Å². The minimum Gasteiger partial charge on any atom is -0.497 e. The molecule has 1 heterocycles. The molecule has 35 heavy (non-hydrogen) atoms. The number of anilines is 2. The third-order valence-electron chi connectivity index (χ3n) is 5.19. The molecule has 0 spiro atoms. The third kappa shape index (κ3) is 5.33. The first-order chi connectivity index (χ1) is 16.7. The van der Waals surface area contributed by atoms with Gasteiger partial charge in [-0.05, 0) is 80.6 Å². The lowest BCUT2D eigenvalue weighted by Gasteiger charge is -2.11. The van der Waals surface area contributed by atoms with Crippen molar-refractivity contribution in [2.45, 2.75) is 18.7 Å². The van der Waals surface area contributed by atoms with E-state index < -0.39 is 21.7 Å². The first kappa shape index (κ1) is 24.0. The molecule has 10 heteroatoms. The van der Waals surface area contributed by atoms with Crippen molar-refractivity contribution in [3.63, 3.8) is 0 Å². The smallest absolute Gasteiger partial charge is 0.261 e. The molecule has 0 saturated carbocycles. The highest BCUT2D eigenvalue weighted by molar-refractivity contribution is 7.92. The van der Waals surface area contributed by atoms with Crippen molar-refractivity contribution >= 4 is 27.3 Å². The molecular weight excluding hydrogens is 471 g/mol. The molecule has 0 fully saturated rings. The van der Waals surface area contributed by atoms with Gasteiger partial charge in [-0.2, -0.15) is 5.10 Å². The van der Waals surface area contributed by atoms with Crippen LogP contribution in [0.1, 0.15) is 21.7 Å². The lowest BCUT2D eigenvalue weighted by molar-refractivity contribution is 0.102. The molecule has 0 unspecified atom stereocenters. The predicted octanol–water partition coefficient (Wildman–Crippen LogP) is 4.69. The number of hydrogen-bond donors (Lipinski definition) is 2. The molecule has 0 bridgehead atoms. The largest absolute Gasteiger partial charge is 0.497 e. The van der Waals surface area contributed by atoms with Crippen LogP contribution in [0.4, 0.5) is 15.8 Å². The summed E-state index contributed by atoms with van der Waals surface area (Å²) in [6.45, 7) is 3.64. The standard InChI is InChI=1S/C25H23FN4O4S/c1-16-13-17(2)30(28-16)24-12-9-20(15-23(24)26)27-25(31)18-5-4-6-22(14-18)35(32,33)29-19-7-10-21(34-3)11-8-19/h4-15,29H,1-3H3,(H,27,31). The molecule has 1 aromatic heterocycles. The molecule has 180 valence electrons. The summed E-state index contributed by atoms with van der Waals surface area (Å²) in [5, 5.41) is 6.87. The van der Waals surface area contributed by atoms with Crippen molar-refractivity contribution in [1.82, 2.24) is 9.78 Å². The number of nitrogens with zero attached hydrogens (tertiary/aromatic N) is 2. The summed E-state index contributed by atoms with van der Waals surface area (Å²) in [6, 6.07) is 18.0. The van der Waals surface area contributed by atoms with Crippen LogP contribution in [0.3, 0.4) is 0 Å². The molecular formula is C25H23FN4O4S. The highest BCUT2D eigenvalue weighted by Gasteiger charge is 2.17. The van der Waals surface area contributed by atoms with Crippen LogP contribution in [0.5, 0.6) is 5.75 Å². The van der Waals surface area contributed by atoms with Gasteiger partial charge in [0.05, 0.1) is 17.7 Å². The molecule has 3 aromatic carbocycles. The van der Waals surface area contributed by atoms with Crippen molar-refractivity contribution in [3.05, 3.63) is 95.6 Å². The average Bonchev–Trinajstić information content (AvgIpc) is 3.17. The fourth-order valence-electron chi connectivity index (χ4n) is 3.51. The zero-order valence-electron chi connectivity index (χ0n) is 19.2. The van der Waals surface area contributed by atoms with Gasteiger partial charge >= 0.3 is 0 Å². The van der Waals surface area contributed by atoms with Gasteiger partial charge in [0.2, 0.25) is 0 Å². The average molecular weight is 495 g/mol. The normalized spacial score (nSPS) is 11.2. The number of carbonyl (C=O) groups excluding carboxylic acids is 1. The van der Waals surface area contributed by atoms with E-state index in [1.54, 1.807) is 30.3 Å². The van der Waals surface area contributed by atoms with E-state index >= 15 is 0 Å². The number of amides is 1. The molecule has 0 saturated heterocycles. The maximum absolute atomic E-state index is 14.7. The van der Waals surface area contributed by atoms with Gasteiger partial charge in [0, 0.05) is 22.6 Å². The Labute approximate surface area is 202 Å². The maximum Gasteiger partial charge on any atom is 0.261 e. The summed E-state index contributed by atoms with van der Waals surface area (Å²) in [6.07, 6.45) is 0. The van der Waals surface area contributed by atoms with E-state index in [1.165, 1.54) is 48.2 Å². The summed E-state index contributed by atoms with van der Waals surface area (Å²) in [7, 11) is -2.43. The van der Waals surface area contributed by atoms with E-state index in [0.717, 1.165) is 11.4 Å². The zero-order valence-corrected chi connectivity index (χ0v) is 20.1. The van der Waals surface area contributed by atoms with E-state index in [4.69, 9.17) is 4.74 Å². The second kappa shape index (κ2) is 9.59. The van der Waals surface area contributed by atoms with Gasteiger partial charge in [-0.25, -0.2) is 17.5 Å². The molecule has 4 aromatic rings. The highest BCUT2D eigenvalue weighted by atomic mass is 32.2. The first-order valence-electron chi connectivity index (χ1n) is 10.6.